The Balaban J connectivity index is 1.35. The first kappa shape index (κ1) is 18.3. The number of rotatable bonds is 5. The molecular weight excluding hydrogens is 356 g/mol. The van der Waals surface area contributed by atoms with Crippen LogP contribution in [0.4, 0.5) is 11.5 Å². The molecule has 0 atom stereocenters. The van der Waals surface area contributed by atoms with Crippen LogP contribution in [0, 0.1) is 6.92 Å². The normalized spacial score (nSPS) is 15.1. The lowest BCUT2D eigenvalue weighted by molar-refractivity contribution is -0.117. The summed E-state index contributed by atoms with van der Waals surface area (Å²) in [5.74, 6) is 0.820. The van der Waals surface area contributed by atoms with Crippen LogP contribution in [0.1, 0.15) is 12.5 Å². The number of nitrogens with zero attached hydrogens (tertiary/aromatic N) is 7. The van der Waals surface area contributed by atoms with Gasteiger partial charge in [0.1, 0.15) is 6.33 Å². The van der Waals surface area contributed by atoms with Crippen molar-refractivity contribution in [3.63, 3.8) is 0 Å². The second-order valence-electron chi connectivity index (χ2n) is 6.95. The van der Waals surface area contributed by atoms with Gasteiger partial charge in [-0.25, -0.2) is 14.6 Å². The van der Waals surface area contributed by atoms with Crippen LogP contribution in [0.5, 0.6) is 0 Å². The van der Waals surface area contributed by atoms with Crippen LogP contribution in [0.25, 0.3) is 11.2 Å². The minimum Gasteiger partial charge on any atom is -0.352 e. The first-order valence-electron chi connectivity index (χ1n) is 9.52. The van der Waals surface area contributed by atoms with E-state index < -0.39 is 0 Å². The Labute approximate surface area is 163 Å². The fourth-order valence-electron chi connectivity index (χ4n) is 3.38. The highest BCUT2D eigenvalue weighted by Gasteiger charge is 2.23. The predicted octanol–water partition coefficient (Wildman–Crippen LogP) is 1.31. The van der Waals surface area contributed by atoms with Gasteiger partial charge in [0, 0.05) is 38.4 Å². The van der Waals surface area contributed by atoms with Crippen LogP contribution in [0.2, 0.25) is 0 Å². The topological polar surface area (TPSA) is 92.1 Å². The van der Waals surface area contributed by atoms with Gasteiger partial charge in [-0.3, -0.25) is 9.69 Å². The number of carbonyl (C=O) groups excluding carboxylic acids is 1. The smallest absolute Gasteiger partial charge is 0.238 e. The Bertz CT molecular complexity index is 960. The van der Waals surface area contributed by atoms with Crippen molar-refractivity contribution in [1.29, 1.82) is 0 Å². The number of aryl methyl sites for hydroxylation is 2. The van der Waals surface area contributed by atoms with E-state index >= 15 is 0 Å². The van der Waals surface area contributed by atoms with E-state index in [1.54, 1.807) is 11.0 Å². The fraction of sp³-hybridized carbons (Fsp3) is 0.421. The molecule has 1 aliphatic rings. The van der Waals surface area contributed by atoms with Gasteiger partial charge in [0.2, 0.25) is 5.91 Å². The average Bonchev–Trinajstić information content (AvgIpc) is 3.14. The van der Waals surface area contributed by atoms with Crippen molar-refractivity contribution >= 4 is 28.6 Å². The zero-order valence-electron chi connectivity index (χ0n) is 16.2. The largest absolute Gasteiger partial charge is 0.352 e. The predicted molar refractivity (Wildman–Crippen MR) is 107 cm³/mol. The molecule has 28 heavy (non-hydrogen) atoms. The van der Waals surface area contributed by atoms with Crippen LogP contribution >= 0.6 is 0 Å². The van der Waals surface area contributed by atoms with Crippen molar-refractivity contribution in [2.24, 2.45) is 0 Å². The number of benzene rings is 1. The second kappa shape index (κ2) is 7.89. The molecule has 9 nitrogen and oxygen atoms in total. The number of hydrogen-bond acceptors (Lipinski definition) is 7. The fourth-order valence-corrected chi connectivity index (χ4v) is 3.38. The average molecular weight is 380 g/mol. The zero-order chi connectivity index (χ0) is 19.5. The summed E-state index contributed by atoms with van der Waals surface area (Å²) in [6.07, 6.45) is 1.56. The molecule has 1 fully saturated rings. The number of nitrogens with one attached hydrogen (secondary N) is 1. The van der Waals surface area contributed by atoms with E-state index in [1.807, 2.05) is 38.1 Å². The molecule has 1 aromatic carbocycles. The Kier molecular flexibility index (Phi) is 5.16. The molecule has 1 aliphatic heterocycles. The molecule has 0 bridgehead atoms. The number of aromatic nitrogens is 5. The summed E-state index contributed by atoms with van der Waals surface area (Å²) >= 11 is 0. The highest BCUT2D eigenvalue weighted by atomic mass is 16.2. The Morgan fingerprint density at radius 3 is 2.57 bits per heavy atom. The Hall–Kier alpha value is -3.07. The minimum atomic E-state index is 0.00705. The van der Waals surface area contributed by atoms with Gasteiger partial charge in [0.25, 0.3) is 0 Å². The van der Waals surface area contributed by atoms with Crippen molar-refractivity contribution in [3.8, 4) is 0 Å². The molecule has 1 saturated heterocycles. The van der Waals surface area contributed by atoms with E-state index in [0.29, 0.717) is 6.54 Å². The van der Waals surface area contributed by atoms with Crippen molar-refractivity contribution in [1.82, 2.24) is 29.9 Å². The number of amides is 1. The quantitative estimate of drug-likeness (QED) is 0.713. The summed E-state index contributed by atoms with van der Waals surface area (Å²) in [6.45, 7) is 8.27. The van der Waals surface area contributed by atoms with Gasteiger partial charge in [-0.2, -0.15) is 0 Å². The lowest BCUT2D eigenvalue weighted by Gasteiger charge is -2.34. The number of carbonyl (C=O) groups is 1. The van der Waals surface area contributed by atoms with Gasteiger partial charge >= 0.3 is 0 Å². The molecule has 146 valence electrons. The van der Waals surface area contributed by atoms with Crippen LogP contribution in [0.15, 0.2) is 30.6 Å². The summed E-state index contributed by atoms with van der Waals surface area (Å²) < 4.78 is 1.77. The Morgan fingerprint density at radius 2 is 1.86 bits per heavy atom. The monoisotopic (exact) mass is 380 g/mol. The second-order valence-corrected chi connectivity index (χ2v) is 6.95. The summed E-state index contributed by atoms with van der Waals surface area (Å²) in [6, 6.07) is 7.83. The molecule has 0 saturated carbocycles. The first-order chi connectivity index (χ1) is 13.6. The van der Waals surface area contributed by atoms with E-state index in [9.17, 15) is 4.79 Å². The molecule has 0 unspecified atom stereocenters. The molecule has 0 radical (unpaired) electrons. The lowest BCUT2D eigenvalue weighted by Crippen LogP contribution is -2.49. The van der Waals surface area contributed by atoms with Gasteiger partial charge in [-0.15, -0.1) is 5.10 Å². The molecular formula is C19H24N8O. The molecule has 4 rings (SSSR count). The van der Waals surface area contributed by atoms with E-state index in [1.165, 1.54) is 5.56 Å². The molecule has 1 amide bonds. The highest BCUT2D eigenvalue weighted by Crippen LogP contribution is 2.21. The summed E-state index contributed by atoms with van der Waals surface area (Å²) in [5.41, 5.74) is 3.49. The number of fused-ring (bicyclic) bond motifs is 1. The molecule has 0 spiro atoms. The summed E-state index contributed by atoms with van der Waals surface area (Å²) in [4.78, 5) is 25.4. The molecule has 9 heteroatoms. The molecule has 2 aromatic heterocycles. The summed E-state index contributed by atoms with van der Waals surface area (Å²) in [7, 11) is 0. The number of anilines is 2. The van der Waals surface area contributed by atoms with Crippen LogP contribution in [0.3, 0.4) is 0 Å². The van der Waals surface area contributed by atoms with Crippen molar-refractivity contribution in [2.45, 2.75) is 20.4 Å². The SMILES string of the molecule is CCn1nnc2c(N3CCN(CC(=O)Nc4ccc(C)cc4)CC3)ncnc21. The molecule has 1 N–H and O–H groups in total. The highest BCUT2D eigenvalue weighted by molar-refractivity contribution is 5.92. The third kappa shape index (κ3) is 3.79. The Morgan fingerprint density at radius 1 is 1.11 bits per heavy atom. The third-order valence-corrected chi connectivity index (χ3v) is 4.95. The van der Waals surface area contributed by atoms with E-state index in [2.05, 4.69) is 35.4 Å². The minimum absolute atomic E-state index is 0.00705. The lowest BCUT2D eigenvalue weighted by atomic mass is 10.2. The van der Waals surface area contributed by atoms with E-state index in [-0.39, 0.29) is 5.91 Å². The van der Waals surface area contributed by atoms with Crippen molar-refractivity contribution in [3.05, 3.63) is 36.2 Å². The van der Waals surface area contributed by atoms with E-state index in [0.717, 1.165) is 55.4 Å². The first-order valence-corrected chi connectivity index (χ1v) is 9.52. The van der Waals surface area contributed by atoms with Gasteiger partial charge in [-0.05, 0) is 26.0 Å². The maximum absolute atomic E-state index is 12.3. The van der Waals surface area contributed by atoms with Crippen molar-refractivity contribution < 1.29 is 4.79 Å². The van der Waals surface area contributed by atoms with Gasteiger partial charge in [0.15, 0.2) is 17.0 Å². The standard InChI is InChI=1S/C19H24N8O/c1-3-27-19-17(23-24-27)18(20-13-21-19)26-10-8-25(9-11-26)12-16(28)22-15-6-4-14(2)5-7-15/h4-7,13H,3,8-12H2,1-2H3,(H,22,28). The van der Waals surface area contributed by atoms with Gasteiger partial charge in [-0.1, -0.05) is 22.9 Å². The van der Waals surface area contributed by atoms with E-state index in [4.69, 9.17) is 0 Å². The van der Waals surface area contributed by atoms with Crippen LogP contribution in [-0.2, 0) is 11.3 Å². The summed E-state index contributed by atoms with van der Waals surface area (Å²) in [5, 5.41) is 11.4. The third-order valence-electron chi connectivity index (χ3n) is 4.95. The van der Waals surface area contributed by atoms with Gasteiger partial charge in [0.05, 0.1) is 6.54 Å². The maximum atomic E-state index is 12.3. The van der Waals surface area contributed by atoms with Crippen LogP contribution < -0.4 is 10.2 Å². The molecule has 3 aromatic rings. The van der Waals surface area contributed by atoms with Crippen molar-refractivity contribution in [2.75, 3.05) is 42.9 Å². The van der Waals surface area contributed by atoms with Gasteiger partial charge < -0.3 is 10.2 Å². The number of hydrogen-bond donors (Lipinski definition) is 1. The molecule has 0 aliphatic carbocycles. The maximum Gasteiger partial charge on any atom is 0.238 e. The molecule has 3 heterocycles. The van der Waals surface area contributed by atoms with Crippen LogP contribution in [-0.4, -0.2) is 68.5 Å². The number of piperazine rings is 1. The zero-order valence-corrected chi connectivity index (χ0v) is 16.2.